The monoisotopic (exact) mass is 243 g/mol. The first-order valence-corrected chi connectivity index (χ1v) is 6.62. The van der Waals surface area contributed by atoms with E-state index in [-0.39, 0.29) is 5.97 Å². The first-order valence-electron chi connectivity index (χ1n) is 6.62. The maximum atomic E-state index is 11.5. The molecule has 0 bridgehead atoms. The van der Waals surface area contributed by atoms with Gasteiger partial charge >= 0.3 is 5.97 Å². The van der Waals surface area contributed by atoms with Gasteiger partial charge in [0.05, 0.1) is 6.61 Å². The van der Waals surface area contributed by atoms with E-state index in [2.05, 4.69) is 19.2 Å². The number of hydrogen-bond acceptors (Lipinski definition) is 4. The molecule has 0 radical (unpaired) electrons. The quantitative estimate of drug-likeness (QED) is 0.545. The third kappa shape index (κ3) is 7.34. The Morgan fingerprint density at radius 1 is 1.41 bits per heavy atom. The summed E-state index contributed by atoms with van der Waals surface area (Å²) in [5.74, 6) is 0.888. The van der Waals surface area contributed by atoms with Crippen LogP contribution in [0.2, 0.25) is 0 Å². The summed E-state index contributed by atoms with van der Waals surface area (Å²) in [4.78, 5) is 11.5. The lowest BCUT2D eigenvalue weighted by Crippen LogP contribution is -2.31. The fraction of sp³-hybridized carbons (Fsp3) is 0.923. The van der Waals surface area contributed by atoms with E-state index in [9.17, 15) is 4.79 Å². The zero-order valence-corrected chi connectivity index (χ0v) is 11.0. The maximum Gasteiger partial charge on any atom is 0.306 e. The highest BCUT2D eigenvalue weighted by Gasteiger charge is 2.17. The van der Waals surface area contributed by atoms with Crippen LogP contribution in [0.4, 0.5) is 0 Å². The Kier molecular flexibility index (Phi) is 7.21. The van der Waals surface area contributed by atoms with Gasteiger partial charge in [0.15, 0.2) is 0 Å². The van der Waals surface area contributed by atoms with E-state index in [0.29, 0.717) is 31.5 Å². The van der Waals surface area contributed by atoms with Crippen molar-refractivity contribution in [2.75, 3.05) is 32.9 Å². The zero-order valence-electron chi connectivity index (χ0n) is 11.0. The van der Waals surface area contributed by atoms with Gasteiger partial charge in [-0.1, -0.05) is 13.8 Å². The predicted molar refractivity (Wildman–Crippen MR) is 66.8 cm³/mol. The first kappa shape index (κ1) is 14.5. The zero-order chi connectivity index (χ0) is 12.5. The molecule has 0 aromatic carbocycles. The van der Waals surface area contributed by atoms with E-state index in [1.165, 1.54) is 0 Å². The van der Waals surface area contributed by atoms with Crippen LogP contribution in [-0.4, -0.2) is 38.9 Å². The van der Waals surface area contributed by atoms with Gasteiger partial charge in [-0.15, -0.1) is 0 Å². The van der Waals surface area contributed by atoms with Crippen molar-refractivity contribution in [1.82, 2.24) is 5.32 Å². The smallest absolute Gasteiger partial charge is 0.306 e. The topological polar surface area (TPSA) is 47.6 Å². The van der Waals surface area contributed by atoms with Gasteiger partial charge in [0.1, 0.15) is 6.61 Å². The highest BCUT2D eigenvalue weighted by molar-refractivity contribution is 5.69. The average molecular weight is 243 g/mol. The molecule has 0 amide bonds. The molecular formula is C13H25NO3. The van der Waals surface area contributed by atoms with Crippen molar-refractivity contribution in [1.29, 1.82) is 0 Å². The van der Waals surface area contributed by atoms with Gasteiger partial charge in [-0.05, 0) is 37.8 Å². The highest BCUT2D eigenvalue weighted by Crippen LogP contribution is 2.14. The average Bonchev–Trinajstić information content (AvgIpc) is 2.29. The van der Waals surface area contributed by atoms with Crippen LogP contribution in [0.1, 0.15) is 33.1 Å². The molecule has 1 aliphatic heterocycles. The molecule has 1 unspecified atom stereocenters. The second kappa shape index (κ2) is 8.48. The van der Waals surface area contributed by atoms with Crippen LogP contribution in [0.3, 0.4) is 0 Å². The fourth-order valence-corrected chi connectivity index (χ4v) is 1.93. The molecule has 1 fully saturated rings. The van der Waals surface area contributed by atoms with E-state index in [0.717, 1.165) is 32.5 Å². The molecule has 4 nitrogen and oxygen atoms in total. The van der Waals surface area contributed by atoms with Crippen molar-refractivity contribution in [2.24, 2.45) is 11.8 Å². The lowest BCUT2D eigenvalue weighted by Gasteiger charge is -2.21. The third-order valence-corrected chi connectivity index (χ3v) is 2.80. The predicted octanol–water partition coefficient (Wildman–Crippen LogP) is 1.59. The van der Waals surface area contributed by atoms with Crippen LogP contribution in [0, 0.1) is 11.8 Å². The molecule has 1 aliphatic rings. The molecule has 1 rings (SSSR count). The molecule has 0 saturated carbocycles. The molecule has 0 aromatic rings. The van der Waals surface area contributed by atoms with Crippen LogP contribution in [0.25, 0.3) is 0 Å². The molecule has 1 N–H and O–H groups in total. The minimum Gasteiger partial charge on any atom is -0.463 e. The molecule has 100 valence electrons. The number of carbonyl (C=O) groups is 1. The number of carbonyl (C=O) groups excluding carboxylic acids is 1. The van der Waals surface area contributed by atoms with Gasteiger partial charge in [0, 0.05) is 13.0 Å². The Bertz CT molecular complexity index is 213. The summed E-state index contributed by atoms with van der Waals surface area (Å²) in [6, 6.07) is 0. The summed E-state index contributed by atoms with van der Waals surface area (Å²) in [5.41, 5.74) is 0. The number of nitrogens with one attached hydrogen (secondary N) is 1. The lowest BCUT2D eigenvalue weighted by atomic mass is 9.96. The standard InChI is InChI=1S/C13H25NO3/c1-11(2)10-16-6-7-17-13(15)8-12-4-3-5-14-9-12/h11-12,14H,3-10H2,1-2H3. The minimum atomic E-state index is -0.0909. The fourth-order valence-electron chi connectivity index (χ4n) is 1.93. The van der Waals surface area contributed by atoms with Gasteiger partial charge in [-0.3, -0.25) is 4.79 Å². The Morgan fingerprint density at radius 3 is 2.88 bits per heavy atom. The molecular weight excluding hydrogens is 218 g/mol. The summed E-state index contributed by atoms with van der Waals surface area (Å²) in [6.07, 6.45) is 2.83. The van der Waals surface area contributed by atoms with Crippen molar-refractivity contribution in [2.45, 2.75) is 33.1 Å². The molecule has 0 spiro atoms. The van der Waals surface area contributed by atoms with Crippen LogP contribution in [0.15, 0.2) is 0 Å². The Hall–Kier alpha value is -0.610. The number of ether oxygens (including phenoxy) is 2. The summed E-state index contributed by atoms with van der Waals surface area (Å²) in [6.45, 7) is 7.83. The van der Waals surface area contributed by atoms with E-state index in [4.69, 9.17) is 9.47 Å². The number of piperidine rings is 1. The molecule has 0 aliphatic carbocycles. The molecule has 1 saturated heterocycles. The minimum absolute atomic E-state index is 0.0909. The number of rotatable bonds is 7. The van der Waals surface area contributed by atoms with E-state index < -0.39 is 0 Å². The van der Waals surface area contributed by atoms with E-state index in [1.807, 2.05) is 0 Å². The summed E-state index contributed by atoms with van der Waals surface area (Å²) in [5, 5.41) is 3.30. The largest absolute Gasteiger partial charge is 0.463 e. The normalized spacial score (nSPS) is 20.5. The molecule has 4 heteroatoms. The maximum absolute atomic E-state index is 11.5. The lowest BCUT2D eigenvalue weighted by molar-refractivity contribution is -0.146. The van der Waals surface area contributed by atoms with Crippen molar-refractivity contribution in [3.05, 3.63) is 0 Å². The van der Waals surface area contributed by atoms with E-state index >= 15 is 0 Å². The van der Waals surface area contributed by atoms with Gasteiger partial charge in [-0.25, -0.2) is 0 Å². The SMILES string of the molecule is CC(C)COCCOC(=O)CC1CCCNC1. The van der Waals surface area contributed by atoms with Crippen LogP contribution >= 0.6 is 0 Å². The van der Waals surface area contributed by atoms with Crippen molar-refractivity contribution >= 4 is 5.97 Å². The molecule has 17 heavy (non-hydrogen) atoms. The molecule has 0 aromatic heterocycles. The summed E-state index contributed by atoms with van der Waals surface area (Å²) < 4.78 is 10.5. The van der Waals surface area contributed by atoms with Gasteiger partial charge in [0.2, 0.25) is 0 Å². The molecule has 1 heterocycles. The van der Waals surface area contributed by atoms with Gasteiger partial charge < -0.3 is 14.8 Å². The Morgan fingerprint density at radius 2 is 2.24 bits per heavy atom. The first-order chi connectivity index (χ1) is 8.18. The van der Waals surface area contributed by atoms with Crippen molar-refractivity contribution in [3.8, 4) is 0 Å². The summed E-state index contributed by atoms with van der Waals surface area (Å²) >= 11 is 0. The van der Waals surface area contributed by atoms with E-state index in [1.54, 1.807) is 0 Å². The van der Waals surface area contributed by atoms with Crippen LogP contribution in [0.5, 0.6) is 0 Å². The molecule has 1 atom stereocenters. The van der Waals surface area contributed by atoms with Gasteiger partial charge in [-0.2, -0.15) is 0 Å². The highest BCUT2D eigenvalue weighted by atomic mass is 16.6. The van der Waals surface area contributed by atoms with Crippen LogP contribution in [-0.2, 0) is 14.3 Å². The number of esters is 1. The summed E-state index contributed by atoms with van der Waals surface area (Å²) in [7, 11) is 0. The second-order valence-electron chi connectivity index (χ2n) is 5.11. The van der Waals surface area contributed by atoms with Crippen LogP contribution < -0.4 is 5.32 Å². The van der Waals surface area contributed by atoms with Crippen molar-refractivity contribution < 1.29 is 14.3 Å². The van der Waals surface area contributed by atoms with Gasteiger partial charge in [0.25, 0.3) is 0 Å². The Balaban J connectivity index is 1.97. The van der Waals surface area contributed by atoms with Crippen molar-refractivity contribution in [3.63, 3.8) is 0 Å². The Labute approximate surface area is 104 Å². The second-order valence-corrected chi connectivity index (χ2v) is 5.11. The number of hydrogen-bond donors (Lipinski definition) is 1. The third-order valence-electron chi connectivity index (χ3n) is 2.80.